The normalized spacial score (nSPS) is 18.2. The van der Waals surface area contributed by atoms with Crippen LogP contribution in [0.3, 0.4) is 0 Å². The smallest absolute Gasteiger partial charge is 0.240 e. The number of nitrogens with one attached hydrogen (secondary N) is 1. The lowest BCUT2D eigenvalue weighted by Gasteiger charge is -2.35. The second-order valence-corrected chi connectivity index (χ2v) is 5.67. The van der Waals surface area contributed by atoms with Gasteiger partial charge in [-0.2, -0.15) is 0 Å². The SMILES string of the molecule is COc1ccc(Br)c([C@@H](CC(F)F)N2CCNCC2)c1. The number of alkyl halides is 2. The summed E-state index contributed by atoms with van der Waals surface area (Å²) >= 11 is 3.47. The van der Waals surface area contributed by atoms with Crippen LogP contribution in [-0.2, 0) is 0 Å². The molecule has 0 radical (unpaired) electrons. The van der Waals surface area contributed by atoms with Crippen molar-refractivity contribution in [1.82, 2.24) is 10.2 Å². The molecule has 1 aliphatic rings. The van der Waals surface area contributed by atoms with Crippen molar-refractivity contribution in [2.75, 3.05) is 33.3 Å². The Hall–Kier alpha value is -0.720. The Morgan fingerprint density at radius 1 is 1.35 bits per heavy atom. The van der Waals surface area contributed by atoms with Crippen LogP contribution in [-0.4, -0.2) is 44.6 Å². The molecule has 112 valence electrons. The van der Waals surface area contributed by atoms with Crippen molar-refractivity contribution >= 4 is 15.9 Å². The van der Waals surface area contributed by atoms with E-state index >= 15 is 0 Å². The Morgan fingerprint density at radius 3 is 2.65 bits per heavy atom. The predicted molar refractivity (Wildman–Crippen MR) is 78.5 cm³/mol. The minimum atomic E-state index is -2.33. The Kier molecular flexibility index (Phi) is 5.74. The van der Waals surface area contributed by atoms with Crippen LogP contribution in [0.4, 0.5) is 8.78 Å². The summed E-state index contributed by atoms with van der Waals surface area (Å²) in [4.78, 5) is 2.11. The van der Waals surface area contributed by atoms with Gasteiger partial charge in [-0.1, -0.05) is 15.9 Å². The van der Waals surface area contributed by atoms with E-state index < -0.39 is 6.43 Å². The Bertz CT molecular complexity index is 439. The summed E-state index contributed by atoms with van der Waals surface area (Å²) in [7, 11) is 1.58. The average molecular weight is 349 g/mol. The van der Waals surface area contributed by atoms with Crippen molar-refractivity contribution in [3.63, 3.8) is 0 Å². The minimum Gasteiger partial charge on any atom is -0.497 e. The van der Waals surface area contributed by atoms with Gasteiger partial charge in [0.15, 0.2) is 0 Å². The zero-order chi connectivity index (χ0) is 14.5. The van der Waals surface area contributed by atoms with Crippen molar-refractivity contribution in [1.29, 1.82) is 0 Å². The number of benzene rings is 1. The second-order valence-electron chi connectivity index (χ2n) is 4.82. The van der Waals surface area contributed by atoms with Gasteiger partial charge in [0.05, 0.1) is 7.11 Å². The lowest BCUT2D eigenvalue weighted by molar-refractivity contribution is 0.0735. The average Bonchev–Trinajstić information content (AvgIpc) is 2.46. The number of piperazine rings is 1. The molecule has 20 heavy (non-hydrogen) atoms. The Morgan fingerprint density at radius 2 is 2.05 bits per heavy atom. The fraction of sp³-hybridized carbons (Fsp3) is 0.571. The second kappa shape index (κ2) is 7.33. The van der Waals surface area contributed by atoms with Crippen LogP contribution in [0.1, 0.15) is 18.0 Å². The van der Waals surface area contributed by atoms with Gasteiger partial charge >= 0.3 is 0 Å². The van der Waals surface area contributed by atoms with E-state index in [2.05, 4.69) is 26.1 Å². The molecule has 1 saturated heterocycles. The first-order valence-corrected chi connectivity index (χ1v) is 7.47. The van der Waals surface area contributed by atoms with Gasteiger partial charge in [0.25, 0.3) is 0 Å². The first-order chi connectivity index (χ1) is 9.61. The summed E-state index contributed by atoms with van der Waals surface area (Å²) in [6.07, 6.45) is -2.49. The summed E-state index contributed by atoms with van der Waals surface area (Å²) < 4.78 is 32.0. The molecule has 1 heterocycles. The van der Waals surface area contributed by atoms with Gasteiger partial charge in [0.1, 0.15) is 5.75 Å². The molecule has 1 atom stereocenters. The molecule has 1 N–H and O–H groups in total. The maximum absolute atomic E-state index is 13.0. The highest BCUT2D eigenvalue weighted by Gasteiger charge is 2.27. The van der Waals surface area contributed by atoms with Crippen LogP contribution in [0.5, 0.6) is 5.75 Å². The molecule has 1 aromatic rings. The molecular formula is C14H19BrF2N2O. The molecule has 0 bridgehead atoms. The molecule has 0 saturated carbocycles. The van der Waals surface area contributed by atoms with E-state index in [1.165, 1.54) is 0 Å². The first kappa shape index (κ1) is 15.7. The van der Waals surface area contributed by atoms with Crippen molar-refractivity contribution in [3.8, 4) is 5.75 Å². The minimum absolute atomic E-state index is 0.161. The highest BCUT2D eigenvalue weighted by atomic mass is 79.9. The molecule has 1 aromatic carbocycles. The van der Waals surface area contributed by atoms with Gasteiger partial charge in [0.2, 0.25) is 6.43 Å². The van der Waals surface area contributed by atoms with Crippen LogP contribution in [0.2, 0.25) is 0 Å². The van der Waals surface area contributed by atoms with Gasteiger partial charge in [-0.15, -0.1) is 0 Å². The molecule has 1 aliphatic heterocycles. The fourth-order valence-corrected chi connectivity index (χ4v) is 3.05. The number of hydrogen-bond acceptors (Lipinski definition) is 3. The third-order valence-corrected chi connectivity index (χ3v) is 4.28. The summed E-state index contributed by atoms with van der Waals surface area (Å²) in [5.74, 6) is 0.692. The number of hydrogen-bond donors (Lipinski definition) is 1. The van der Waals surface area contributed by atoms with Crippen molar-refractivity contribution in [2.45, 2.75) is 18.9 Å². The molecular weight excluding hydrogens is 330 g/mol. The van der Waals surface area contributed by atoms with Crippen LogP contribution >= 0.6 is 15.9 Å². The highest BCUT2D eigenvalue weighted by Crippen LogP contribution is 2.35. The monoisotopic (exact) mass is 348 g/mol. The molecule has 1 fully saturated rings. The quantitative estimate of drug-likeness (QED) is 0.884. The zero-order valence-electron chi connectivity index (χ0n) is 11.4. The first-order valence-electron chi connectivity index (χ1n) is 6.68. The van der Waals surface area contributed by atoms with E-state index in [1.54, 1.807) is 7.11 Å². The molecule has 2 rings (SSSR count). The Balaban J connectivity index is 2.29. The Labute approximate surface area is 126 Å². The van der Waals surface area contributed by atoms with Gasteiger partial charge < -0.3 is 10.1 Å². The maximum atomic E-state index is 13.0. The summed E-state index contributed by atoms with van der Waals surface area (Å²) in [5, 5.41) is 3.25. The maximum Gasteiger partial charge on any atom is 0.240 e. The van der Waals surface area contributed by atoms with Crippen LogP contribution in [0.15, 0.2) is 22.7 Å². The standard InChI is InChI=1S/C14H19BrF2N2O/c1-20-10-2-3-12(15)11(8-10)13(9-14(16)17)19-6-4-18-5-7-19/h2-3,8,13-14,18H,4-7,9H2,1H3/t13-/m1/s1. The van der Waals surface area contributed by atoms with Crippen molar-refractivity contribution in [2.24, 2.45) is 0 Å². The number of nitrogens with zero attached hydrogens (tertiary/aromatic N) is 1. The molecule has 3 nitrogen and oxygen atoms in total. The fourth-order valence-electron chi connectivity index (χ4n) is 2.54. The lowest BCUT2D eigenvalue weighted by Crippen LogP contribution is -2.45. The van der Waals surface area contributed by atoms with Crippen LogP contribution < -0.4 is 10.1 Å². The third-order valence-electron chi connectivity index (χ3n) is 3.56. The molecule has 0 spiro atoms. The zero-order valence-corrected chi connectivity index (χ0v) is 13.0. The van der Waals surface area contributed by atoms with Gasteiger partial charge in [-0.3, -0.25) is 4.90 Å². The van der Waals surface area contributed by atoms with Gasteiger partial charge in [0, 0.05) is 43.1 Å². The number of methoxy groups -OCH3 is 1. The predicted octanol–water partition coefficient (Wildman–Crippen LogP) is 3.06. The molecule has 0 unspecified atom stereocenters. The van der Waals surface area contributed by atoms with E-state index in [-0.39, 0.29) is 12.5 Å². The van der Waals surface area contributed by atoms with Crippen molar-refractivity contribution < 1.29 is 13.5 Å². The summed E-state index contributed by atoms with van der Waals surface area (Å²) in [5.41, 5.74) is 0.867. The van der Waals surface area contributed by atoms with E-state index in [9.17, 15) is 8.78 Å². The molecule has 0 aromatic heterocycles. The number of ether oxygens (including phenoxy) is 1. The highest BCUT2D eigenvalue weighted by molar-refractivity contribution is 9.10. The van der Waals surface area contributed by atoms with Gasteiger partial charge in [-0.25, -0.2) is 8.78 Å². The largest absolute Gasteiger partial charge is 0.497 e. The van der Waals surface area contributed by atoms with Crippen molar-refractivity contribution in [3.05, 3.63) is 28.2 Å². The van der Waals surface area contributed by atoms with E-state index in [1.807, 2.05) is 18.2 Å². The molecule has 0 aliphatic carbocycles. The topological polar surface area (TPSA) is 24.5 Å². The third kappa shape index (κ3) is 3.90. The van der Waals surface area contributed by atoms with Crippen LogP contribution in [0, 0.1) is 0 Å². The lowest BCUT2D eigenvalue weighted by atomic mass is 10.0. The summed E-state index contributed by atoms with van der Waals surface area (Å²) in [6.45, 7) is 3.23. The summed E-state index contributed by atoms with van der Waals surface area (Å²) in [6, 6.07) is 5.24. The van der Waals surface area contributed by atoms with E-state index in [0.29, 0.717) is 5.75 Å². The number of rotatable bonds is 5. The van der Waals surface area contributed by atoms with Gasteiger partial charge in [-0.05, 0) is 23.8 Å². The molecule has 0 amide bonds. The number of halogens is 3. The van der Waals surface area contributed by atoms with Crippen LogP contribution in [0.25, 0.3) is 0 Å². The van der Waals surface area contributed by atoms with E-state index in [0.717, 1.165) is 36.2 Å². The molecule has 6 heteroatoms. The van der Waals surface area contributed by atoms with E-state index in [4.69, 9.17) is 4.74 Å².